The van der Waals surface area contributed by atoms with Crippen LogP contribution in [0.25, 0.3) is 0 Å². The topological polar surface area (TPSA) is 32.3 Å². The van der Waals surface area contributed by atoms with Gasteiger partial charge in [0.25, 0.3) is 0 Å². The number of anilines is 1. The quantitative estimate of drug-likeness (QED) is 0.825. The largest absolute Gasteiger partial charge is 0.310 e. The number of amides is 1. The highest BCUT2D eigenvalue weighted by Crippen LogP contribution is 2.37. The minimum atomic E-state index is 0.0215. The third-order valence-electron chi connectivity index (χ3n) is 4.48. The number of nitrogens with one attached hydrogen (secondary N) is 1. The van der Waals surface area contributed by atoms with Gasteiger partial charge < -0.3 is 10.2 Å². The first-order valence-electron chi connectivity index (χ1n) is 8.60. The third kappa shape index (κ3) is 4.38. The number of benzene rings is 2. The standard InChI is InChI=1S/C20H23ClN2OS/c1-14-11-12-23(18-9-5-6-10-19(18)25-14)20(24)13-22-15(2)16-7-3-4-8-17(16)21/h3-10,14-15,22H,11-13H2,1-2H3/t14-,15-/m0/s1. The van der Waals surface area contributed by atoms with E-state index in [0.717, 1.165) is 29.2 Å². The lowest BCUT2D eigenvalue weighted by Crippen LogP contribution is -2.39. The molecule has 0 saturated heterocycles. The van der Waals surface area contributed by atoms with E-state index in [1.54, 1.807) is 0 Å². The van der Waals surface area contributed by atoms with Crippen LogP contribution < -0.4 is 10.2 Å². The van der Waals surface area contributed by atoms with Gasteiger partial charge in [-0.25, -0.2) is 0 Å². The molecule has 0 aromatic heterocycles. The third-order valence-corrected chi connectivity index (χ3v) is 6.06. The number of nitrogens with zero attached hydrogens (tertiary/aromatic N) is 1. The number of thioether (sulfide) groups is 1. The van der Waals surface area contributed by atoms with Crippen molar-refractivity contribution < 1.29 is 4.79 Å². The van der Waals surface area contributed by atoms with Gasteiger partial charge in [-0.15, -0.1) is 11.8 Å². The average Bonchev–Trinajstić information content (AvgIpc) is 2.78. The lowest BCUT2D eigenvalue weighted by atomic mass is 10.1. The van der Waals surface area contributed by atoms with Crippen LogP contribution in [0.3, 0.4) is 0 Å². The molecule has 0 radical (unpaired) electrons. The van der Waals surface area contributed by atoms with E-state index in [1.807, 2.05) is 66.1 Å². The van der Waals surface area contributed by atoms with Crippen molar-refractivity contribution in [3.63, 3.8) is 0 Å². The predicted octanol–water partition coefficient (Wildman–Crippen LogP) is 4.91. The van der Waals surface area contributed by atoms with Crippen LogP contribution in [-0.4, -0.2) is 24.2 Å². The Morgan fingerprint density at radius 2 is 2.00 bits per heavy atom. The lowest BCUT2D eigenvalue weighted by molar-refractivity contribution is -0.117. The summed E-state index contributed by atoms with van der Waals surface area (Å²) < 4.78 is 0. The summed E-state index contributed by atoms with van der Waals surface area (Å²) in [4.78, 5) is 16.0. The van der Waals surface area contributed by atoms with E-state index in [9.17, 15) is 4.79 Å². The lowest BCUT2D eigenvalue weighted by Gasteiger charge is -2.24. The Morgan fingerprint density at radius 3 is 2.80 bits per heavy atom. The molecule has 132 valence electrons. The van der Waals surface area contributed by atoms with Crippen LogP contribution in [0.5, 0.6) is 0 Å². The van der Waals surface area contributed by atoms with Gasteiger partial charge in [-0.1, -0.05) is 48.9 Å². The molecule has 0 saturated carbocycles. The number of fused-ring (bicyclic) bond motifs is 1. The molecule has 5 heteroatoms. The molecule has 0 fully saturated rings. The van der Waals surface area contributed by atoms with Gasteiger partial charge in [0.2, 0.25) is 5.91 Å². The molecule has 1 amide bonds. The second-order valence-corrected chi connectivity index (χ2v) is 8.24. The fraction of sp³-hybridized carbons (Fsp3) is 0.350. The molecule has 0 spiro atoms. The number of carbonyl (C=O) groups is 1. The van der Waals surface area contributed by atoms with Crippen LogP contribution in [0.15, 0.2) is 53.4 Å². The van der Waals surface area contributed by atoms with Crippen molar-refractivity contribution in [3.8, 4) is 0 Å². The van der Waals surface area contributed by atoms with Gasteiger partial charge in [0, 0.05) is 27.8 Å². The maximum Gasteiger partial charge on any atom is 0.240 e. The van der Waals surface area contributed by atoms with Gasteiger partial charge in [0.15, 0.2) is 0 Å². The van der Waals surface area contributed by atoms with Crippen molar-refractivity contribution in [2.45, 2.75) is 36.5 Å². The Labute approximate surface area is 158 Å². The molecule has 0 unspecified atom stereocenters. The molecule has 1 aliphatic heterocycles. The fourth-order valence-electron chi connectivity index (χ4n) is 3.02. The molecule has 2 aromatic carbocycles. The summed E-state index contributed by atoms with van der Waals surface area (Å²) in [5, 5.41) is 4.55. The zero-order chi connectivity index (χ0) is 17.8. The minimum absolute atomic E-state index is 0.0215. The van der Waals surface area contributed by atoms with Crippen LogP contribution in [0, 0.1) is 0 Å². The van der Waals surface area contributed by atoms with Gasteiger partial charge >= 0.3 is 0 Å². The molecule has 2 aromatic rings. The van der Waals surface area contributed by atoms with Crippen LogP contribution in [-0.2, 0) is 4.79 Å². The minimum Gasteiger partial charge on any atom is -0.310 e. The van der Waals surface area contributed by atoms with Gasteiger partial charge in [0.05, 0.1) is 12.2 Å². The molecule has 0 bridgehead atoms. The maximum absolute atomic E-state index is 12.9. The monoisotopic (exact) mass is 374 g/mol. The first-order valence-corrected chi connectivity index (χ1v) is 9.86. The Bertz CT molecular complexity index is 752. The normalized spacial score (nSPS) is 18.4. The van der Waals surface area contributed by atoms with Crippen LogP contribution in [0.1, 0.15) is 31.9 Å². The van der Waals surface area contributed by atoms with Crippen molar-refractivity contribution >= 4 is 35.0 Å². The maximum atomic E-state index is 12.9. The summed E-state index contributed by atoms with van der Waals surface area (Å²) in [6.45, 7) is 5.29. The number of carbonyl (C=O) groups excluding carboxylic acids is 1. The van der Waals surface area contributed by atoms with E-state index in [-0.39, 0.29) is 11.9 Å². The second-order valence-electron chi connectivity index (χ2n) is 6.35. The predicted molar refractivity (Wildman–Crippen MR) is 107 cm³/mol. The SMILES string of the molecule is C[C@H](NCC(=O)N1CC[C@H](C)Sc2ccccc21)c1ccccc1Cl. The second kappa shape index (κ2) is 8.26. The summed E-state index contributed by atoms with van der Waals surface area (Å²) >= 11 is 8.09. The van der Waals surface area contributed by atoms with Crippen LogP contribution in [0.2, 0.25) is 5.02 Å². The first kappa shape index (κ1) is 18.3. The van der Waals surface area contributed by atoms with E-state index in [4.69, 9.17) is 11.6 Å². The first-order chi connectivity index (χ1) is 12.1. The summed E-state index contributed by atoms with van der Waals surface area (Å²) in [5.74, 6) is 0.0982. The van der Waals surface area contributed by atoms with Crippen molar-refractivity contribution in [3.05, 3.63) is 59.1 Å². The molecule has 3 nitrogen and oxygen atoms in total. The van der Waals surface area contributed by atoms with Crippen molar-refractivity contribution in [2.24, 2.45) is 0 Å². The van der Waals surface area contributed by atoms with Crippen LogP contribution in [0.4, 0.5) is 5.69 Å². The Morgan fingerprint density at radius 1 is 1.28 bits per heavy atom. The molecule has 1 N–H and O–H groups in total. The highest BCUT2D eigenvalue weighted by Gasteiger charge is 2.24. The summed E-state index contributed by atoms with van der Waals surface area (Å²) in [6.07, 6.45) is 0.991. The van der Waals surface area contributed by atoms with E-state index in [2.05, 4.69) is 18.3 Å². The molecule has 1 aliphatic rings. The molecular formula is C20H23ClN2OS. The molecule has 0 aliphatic carbocycles. The zero-order valence-corrected chi connectivity index (χ0v) is 16.1. The van der Waals surface area contributed by atoms with Gasteiger partial charge in [-0.3, -0.25) is 4.79 Å². The van der Waals surface area contributed by atoms with Gasteiger partial charge in [-0.05, 0) is 37.1 Å². The molecule has 3 rings (SSSR count). The Balaban J connectivity index is 1.70. The number of hydrogen-bond donors (Lipinski definition) is 1. The van der Waals surface area contributed by atoms with Crippen LogP contribution >= 0.6 is 23.4 Å². The van der Waals surface area contributed by atoms with E-state index in [1.165, 1.54) is 4.90 Å². The number of rotatable bonds is 4. The number of hydrogen-bond acceptors (Lipinski definition) is 3. The van der Waals surface area contributed by atoms with Crippen molar-refractivity contribution in [1.82, 2.24) is 5.32 Å². The van der Waals surface area contributed by atoms with E-state index in [0.29, 0.717) is 11.8 Å². The molecule has 25 heavy (non-hydrogen) atoms. The fourth-order valence-corrected chi connectivity index (χ4v) is 4.43. The Hall–Kier alpha value is -1.49. The summed E-state index contributed by atoms with van der Waals surface area (Å²) in [6, 6.07) is 15.9. The summed E-state index contributed by atoms with van der Waals surface area (Å²) in [7, 11) is 0. The van der Waals surface area contributed by atoms with E-state index < -0.39 is 0 Å². The molecular weight excluding hydrogens is 352 g/mol. The molecule has 2 atom stereocenters. The van der Waals surface area contributed by atoms with Crippen molar-refractivity contribution in [2.75, 3.05) is 18.0 Å². The van der Waals surface area contributed by atoms with Crippen molar-refractivity contribution in [1.29, 1.82) is 0 Å². The van der Waals surface area contributed by atoms with Gasteiger partial charge in [-0.2, -0.15) is 0 Å². The molecule has 1 heterocycles. The van der Waals surface area contributed by atoms with E-state index >= 15 is 0 Å². The highest BCUT2D eigenvalue weighted by atomic mass is 35.5. The summed E-state index contributed by atoms with van der Waals surface area (Å²) in [5.41, 5.74) is 2.03. The Kier molecular flexibility index (Phi) is 6.05. The average molecular weight is 375 g/mol. The zero-order valence-electron chi connectivity index (χ0n) is 14.5. The number of para-hydroxylation sites is 1. The van der Waals surface area contributed by atoms with Gasteiger partial charge in [0.1, 0.15) is 0 Å². The smallest absolute Gasteiger partial charge is 0.240 e. The number of halogens is 1. The highest BCUT2D eigenvalue weighted by molar-refractivity contribution is 8.00.